The SMILES string of the molecule is CN=C(NCC(=O)N1CCc2ccccc2C1)NCc1ccc(CN2CCCCC2)cc1. The molecule has 2 aliphatic heterocycles. The maximum absolute atomic E-state index is 12.7. The van der Waals surface area contributed by atoms with Crippen LogP contribution in [0.2, 0.25) is 0 Å². The molecule has 170 valence electrons. The molecule has 1 fully saturated rings. The summed E-state index contributed by atoms with van der Waals surface area (Å²) in [6, 6.07) is 17.2. The van der Waals surface area contributed by atoms with Gasteiger partial charge in [-0.2, -0.15) is 0 Å². The number of aliphatic imine (C=N–C) groups is 1. The van der Waals surface area contributed by atoms with E-state index in [1.807, 2.05) is 11.0 Å². The third-order valence-electron chi connectivity index (χ3n) is 6.45. The van der Waals surface area contributed by atoms with Crippen LogP contribution >= 0.6 is 0 Å². The summed E-state index contributed by atoms with van der Waals surface area (Å²) in [6.07, 6.45) is 4.93. The number of rotatable bonds is 6. The summed E-state index contributed by atoms with van der Waals surface area (Å²) in [4.78, 5) is 21.4. The lowest BCUT2D eigenvalue weighted by Gasteiger charge is -2.29. The van der Waals surface area contributed by atoms with Crippen LogP contribution in [0.4, 0.5) is 0 Å². The number of hydrogen-bond acceptors (Lipinski definition) is 3. The van der Waals surface area contributed by atoms with Crippen LogP contribution in [0, 0.1) is 0 Å². The van der Waals surface area contributed by atoms with E-state index in [2.05, 4.69) is 63.0 Å². The molecule has 6 nitrogen and oxygen atoms in total. The number of piperidine rings is 1. The highest BCUT2D eigenvalue weighted by molar-refractivity contribution is 5.86. The topological polar surface area (TPSA) is 60.0 Å². The van der Waals surface area contributed by atoms with Gasteiger partial charge >= 0.3 is 0 Å². The van der Waals surface area contributed by atoms with Gasteiger partial charge < -0.3 is 15.5 Å². The first-order valence-corrected chi connectivity index (χ1v) is 11.8. The predicted molar refractivity (Wildman–Crippen MR) is 129 cm³/mol. The lowest BCUT2D eigenvalue weighted by molar-refractivity contribution is -0.130. The molecule has 2 aromatic carbocycles. The standard InChI is InChI=1S/C26H35N5O/c1-27-26(29-18-25(32)31-16-13-23-7-3-4-8-24(23)20-31)28-17-21-9-11-22(12-10-21)19-30-14-5-2-6-15-30/h3-4,7-12H,2,5-6,13-20H2,1H3,(H2,27,28,29). The molecule has 32 heavy (non-hydrogen) atoms. The normalized spacial score (nSPS) is 17.0. The summed E-state index contributed by atoms with van der Waals surface area (Å²) in [5.74, 6) is 0.748. The molecule has 0 spiro atoms. The van der Waals surface area contributed by atoms with Gasteiger partial charge in [-0.05, 0) is 54.6 Å². The monoisotopic (exact) mass is 433 g/mol. The molecular formula is C26H35N5O. The highest BCUT2D eigenvalue weighted by Crippen LogP contribution is 2.18. The Labute approximate surface area is 191 Å². The Morgan fingerprint density at radius 1 is 0.906 bits per heavy atom. The number of hydrogen-bond donors (Lipinski definition) is 2. The molecule has 0 aliphatic carbocycles. The van der Waals surface area contributed by atoms with Crippen molar-refractivity contribution in [3.8, 4) is 0 Å². The summed E-state index contributed by atoms with van der Waals surface area (Å²) in [5, 5.41) is 6.49. The van der Waals surface area contributed by atoms with Crippen molar-refractivity contribution in [2.45, 2.75) is 45.3 Å². The Morgan fingerprint density at radius 2 is 1.62 bits per heavy atom. The number of amides is 1. The minimum atomic E-state index is 0.101. The molecule has 0 unspecified atom stereocenters. The molecule has 2 aromatic rings. The summed E-state index contributed by atoms with van der Waals surface area (Å²) in [6.45, 7) is 5.85. The van der Waals surface area contributed by atoms with E-state index in [9.17, 15) is 4.79 Å². The zero-order chi connectivity index (χ0) is 22.2. The van der Waals surface area contributed by atoms with Crippen molar-refractivity contribution in [1.29, 1.82) is 0 Å². The van der Waals surface area contributed by atoms with Crippen molar-refractivity contribution in [1.82, 2.24) is 20.4 Å². The second-order valence-electron chi connectivity index (χ2n) is 8.77. The number of carbonyl (C=O) groups excluding carboxylic acids is 1. The second-order valence-corrected chi connectivity index (χ2v) is 8.77. The van der Waals surface area contributed by atoms with E-state index in [1.165, 1.54) is 54.6 Å². The van der Waals surface area contributed by atoms with Crippen molar-refractivity contribution >= 4 is 11.9 Å². The zero-order valence-corrected chi connectivity index (χ0v) is 19.1. The predicted octanol–water partition coefficient (Wildman–Crippen LogP) is 2.92. The number of fused-ring (bicyclic) bond motifs is 1. The van der Waals surface area contributed by atoms with Crippen LogP contribution in [0.1, 0.15) is 41.5 Å². The van der Waals surface area contributed by atoms with E-state index < -0.39 is 0 Å². The molecule has 1 saturated heterocycles. The smallest absolute Gasteiger partial charge is 0.242 e. The molecule has 0 atom stereocenters. The van der Waals surface area contributed by atoms with E-state index in [0.717, 1.165) is 19.5 Å². The van der Waals surface area contributed by atoms with Crippen molar-refractivity contribution in [3.05, 3.63) is 70.8 Å². The van der Waals surface area contributed by atoms with Gasteiger partial charge in [-0.25, -0.2) is 0 Å². The number of benzene rings is 2. The average Bonchev–Trinajstić information content (AvgIpc) is 2.85. The maximum atomic E-state index is 12.7. The minimum Gasteiger partial charge on any atom is -0.352 e. The third kappa shape index (κ3) is 6.10. The van der Waals surface area contributed by atoms with Crippen LogP contribution in [-0.4, -0.2) is 54.9 Å². The number of nitrogens with zero attached hydrogens (tertiary/aromatic N) is 3. The molecule has 0 aromatic heterocycles. The van der Waals surface area contributed by atoms with E-state index in [0.29, 0.717) is 19.0 Å². The Bertz CT molecular complexity index is 918. The van der Waals surface area contributed by atoms with Crippen molar-refractivity contribution in [3.63, 3.8) is 0 Å². The Balaban J connectivity index is 1.20. The van der Waals surface area contributed by atoms with Crippen molar-refractivity contribution < 1.29 is 4.79 Å². The molecule has 2 aliphatic rings. The van der Waals surface area contributed by atoms with Gasteiger partial charge in [0.25, 0.3) is 0 Å². The minimum absolute atomic E-state index is 0.101. The van der Waals surface area contributed by atoms with E-state index in [1.54, 1.807) is 7.05 Å². The summed E-state index contributed by atoms with van der Waals surface area (Å²) < 4.78 is 0. The maximum Gasteiger partial charge on any atom is 0.242 e. The van der Waals surface area contributed by atoms with Crippen LogP contribution < -0.4 is 10.6 Å². The number of likely N-dealkylation sites (tertiary alicyclic amines) is 1. The average molecular weight is 434 g/mol. The molecule has 2 N–H and O–H groups in total. The first-order valence-electron chi connectivity index (χ1n) is 11.8. The summed E-state index contributed by atoms with van der Waals surface area (Å²) in [7, 11) is 1.73. The third-order valence-corrected chi connectivity index (χ3v) is 6.45. The van der Waals surface area contributed by atoms with Crippen LogP contribution in [0.5, 0.6) is 0 Å². The Morgan fingerprint density at radius 3 is 2.38 bits per heavy atom. The van der Waals surface area contributed by atoms with Gasteiger partial charge in [-0.1, -0.05) is 55.0 Å². The lowest BCUT2D eigenvalue weighted by atomic mass is 10.00. The fourth-order valence-electron chi connectivity index (χ4n) is 4.52. The lowest BCUT2D eigenvalue weighted by Crippen LogP contribution is -2.45. The fourth-order valence-corrected chi connectivity index (χ4v) is 4.52. The highest BCUT2D eigenvalue weighted by Gasteiger charge is 2.20. The largest absolute Gasteiger partial charge is 0.352 e. The fraction of sp³-hybridized carbons (Fsp3) is 0.462. The second kappa shape index (κ2) is 11.1. The molecule has 1 amide bonds. The van der Waals surface area contributed by atoms with Gasteiger partial charge in [-0.15, -0.1) is 0 Å². The van der Waals surface area contributed by atoms with Gasteiger partial charge in [0.05, 0.1) is 6.54 Å². The quantitative estimate of drug-likeness (QED) is 0.543. The van der Waals surface area contributed by atoms with Gasteiger partial charge in [0, 0.05) is 33.2 Å². The number of carbonyl (C=O) groups is 1. The first kappa shape index (κ1) is 22.3. The van der Waals surface area contributed by atoms with Crippen LogP contribution in [0.3, 0.4) is 0 Å². The molecule has 0 bridgehead atoms. The van der Waals surface area contributed by atoms with E-state index in [-0.39, 0.29) is 12.5 Å². The molecule has 6 heteroatoms. The van der Waals surface area contributed by atoms with Crippen LogP contribution in [-0.2, 0) is 30.8 Å². The van der Waals surface area contributed by atoms with Gasteiger partial charge in [0.1, 0.15) is 0 Å². The molecule has 4 rings (SSSR count). The van der Waals surface area contributed by atoms with Gasteiger partial charge in [-0.3, -0.25) is 14.7 Å². The Hall–Kier alpha value is -2.86. The van der Waals surface area contributed by atoms with Gasteiger partial charge in [0.15, 0.2) is 5.96 Å². The van der Waals surface area contributed by atoms with E-state index >= 15 is 0 Å². The highest BCUT2D eigenvalue weighted by atomic mass is 16.2. The summed E-state index contributed by atoms with van der Waals surface area (Å²) in [5.41, 5.74) is 5.17. The van der Waals surface area contributed by atoms with Gasteiger partial charge in [0.2, 0.25) is 5.91 Å². The van der Waals surface area contributed by atoms with Crippen LogP contribution in [0.15, 0.2) is 53.5 Å². The molecule has 0 saturated carbocycles. The van der Waals surface area contributed by atoms with Crippen molar-refractivity contribution in [2.75, 3.05) is 33.2 Å². The number of guanidine groups is 1. The molecule has 0 radical (unpaired) electrons. The molecular weight excluding hydrogens is 398 g/mol. The van der Waals surface area contributed by atoms with E-state index in [4.69, 9.17) is 0 Å². The Kier molecular flexibility index (Phi) is 7.77. The van der Waals surface area contributed by atoms with Crippen molar-refractivity contribution in [2.24, 2.45) is 4.99 Å². The molecule has 2 heterocycles. The number of nitrogens with one attached hydrogen (secondary N) is 2. The first-order chi connectivity index (χ1) is 15.7. The van der Waals surface area contributed by atoms with Crippen LogP contribution in [0.25, 0.3) is 0 Å². The zero-order valence-electron chi connectivity index (χ0n) is 19.1. The summed E-state index contributed by atoms with van der Waals surface area (Å²) >= 11 is 0.